The third kappa shape index (κ3) is 2.95. The highest BCUT2D eigenvalue weighted by Crippen LogP contribution is 2.24. The zero-order chi connectivity index (χ0) is 11.4. The smallest absolute Gasteiger partial charge is 0.228 e. The molecule has 1 aromatic rings. The number of carbonyl (C=O) groups is 1. The Kier molecular flexibility index (Phi) is 3.78. The fraction of sp³-hybridized carbons (Fsp3) is 0.500. The highest BCUT2D eigenvalue weighted by Gasteiger charge is 2.21. The van der Waals surface area contributed by atoms with E-state index in [2.05, 4.69) is 10.3 Å². The lowest BCUT2D eigenvalue weighted by Crippen LogP contribution is -2.25. The Labute approximate surface area is 100 Å². The van der Waals surface area contributed by atoms with E-state index >= 15 is 0 Å². The zero-order valence-electron chi connectivity index (χ0n) is 9.08. The van der Waals surface area contributed by atoms with Crippen molar-refractivity contribution in [2.24, 2.45) is 5.92 Å². The molecule has 0 aromatic carbocycles. The van der Waals surface area contributed by atoms with Gasteiger partial charge in [-0.1, -0.05) is 36.9 Å². The maximum atomic E-state index is 11.9. The Hall–Kier alpha value is -1.09. The fourth-order valence-electron chi connectivity index (χ4n) is 2.07. The van der Waals surface area contributed by atoms with Crippen molar-refractivity contribution in [3.63, 3.8) is 0 Å². The number of halogens is 1. The first-order chi connectivity index (χ1) is 7.75. The van der Waals surface area contributed by atoms with Crippen molar-refractivity contribution in [2.45, 2.75) is 32.1 Å². The van der Waals surface area contributed by atoms with Gasteiger partial charge < -0.3 is 5.32 Å². The minimum atomic E-state index is 0.0782. The Balaban J connectivity index is 1.96. The van der Waals surface area contributed by atoms with E-state index in [4.69, 9.17) is 11.6 Å². The van der Waals surface area contributed by atoms with E-state index in [1.165, 1.54) is 6.42 Å². The molecule has 1 N–H and O–H groups in total. The molecule has 86 valence electrons. The number of amides is 1. The summed E-state index contributed by atoms with van der Waals surface area (Å²) in [5, 5.41) is 3.22. The molecule has 1 heterocycles. The van der Waals surface area contributed by atoms with Gasteiger partial charge in [-0.2, -0.15) is 0 Å². The summed E-state index contributed by atoms with van der Waals surface area (Å²) in [7, 11) is 0. The second-order valence-corrected chi connectivity index (χ2v) is 4.56. The quantitative estimate of drug-likeness (QED) is 0.804. The summed E-state index contributed by atoms with van der Waals surface area (Å²) in [6.45, 7) is 0. The molecular formula is C12H15ClN2O. The number of rotatable bonds is 2. The number of anilines is 1. The normalized spacial score (nSPS) is 17.1. The van der Waals surface area contributed by atoms with Crippen molar-refractivity contribution in [3.8, 4) is 0 Å². The number of nitrogens with one attached hydrogen (secondary N) is 1. The molecule has 2 rings (SSSR count). The van der Waals surface area contributed by atoms with Crippen molar-refractivity contribution >= 4 is 23.3 Å². The van der Waals surface area contributed by atoms with Crippen LogP contribution in [0.1, 0.15) is 32.1 Å². The van der Waals surface area contributed by atoms with Crippen molar-refractivity contribution < 1.29 is 4.79 Å². The Morgan fingerprint density at radius 1 is 1.31 bits per heavy atom. The Bertz CT molecular complexity index is 375. The largest absolute Gasteiger partial charge is 0.310 e. The molecule has 0 saturated heterocycles. The monoisotopic (exact) mass is 238 g/mol. The van der Waals surface area contributed by atoms with E-state index in [1.807, 2.05) is 0 Å². The molecule has 0 aliphatic heterocycles. The molecule has 0 radical (unpaired) electrons. The van der Waals surface area contributed by atoms with Gasteiger partial charge in [0.25, 0.3) is 0 Å². The minimum absolute atomic E-state index is 0.0782. The van der Waals surface area contributed by atoms with E-state index in [0.717, 1.165) is 25.7 Å². The average Bonchev–Trinajstić information content (AvgIpc) is 2.30. The van der Waals surface area contributed by atoms with Crippen LogP contribution in [0.3, 0.4) is 0 Å². The highest BCUT2D eigenvalue weighted by atomic mass is 35.5. The molecule has 0 atom stereocenters. The van der Waals surface area contributed by atoms with Crippen LogP contribution in [0, 0.1) is 5.92 Å². The zero-order valence-corrected chi connectivity index (χ0v) is 9.83. The lowest BCUT2D eigenvalue weighted by Gasteiger charge is -2.20. The van der Waals surface area contributed by atoms with Crippen LogP contribution in [-0.4, -0.2) is 10.9 Å². The Morgan fingerprint density at radius 3 is 2.75 bits per heavy atom. The van der Waals surface area contributed by atoms with Gasteiger partial charge in [0, 0.05) is 5.92 Å². The van der Waals surface area contributed by atoms with E-state index in [0.29, 0.717) is 11.0 Å². The number of aromatic nitrogens is 1. The molecule has 0 bridgehead atoms. The van der Waals surface area contributed by atoms with Crippen molar-refractivity contribution in [1.29, 1.82) is 0 Å². The van der Waals surface area contributed by atoms with Crippen LogP contribution in [0.15, 0.2) is 18.2 Å². The van der Waals surface area contributed by atoms with Crippen LogP contribution < -0.4 is 5.32 Å². The number of nitrogens with zero attached hydrogens (tertiary/aromatic N) is 1. The Morgan fingerprint density at radius 2 is 2.06 bits per heavy atom. The lowest BCUT2D eigenvalue weighted by molar-refractivity contribution is -0.120. The fourth-order valence-corrected chi connectivity index (χ4v) is 2.23. The molecule has 0 unspecified atom stereocenters. The summed E-state index contributed by atoms with van der Waals surface area (Å²) in [5.74, 6) is 0.770. The summed E-state index contributed by atoms with van der Waals surface area (Å²) in [4.78, 5) is 15.9. The summed E-state index contributed by atoms with van der Waals surface area (Å²) in [6, 6.07) is 5.23. The van der Waals surface area contributed by atoms with E-state index in [-0.39, 0.29) is 11.8 Å². The molecule has 1 aromatic heterocycles. The molecule has 1 aliphatic rings. The molecule has 1 aliphatic carbocycles. The number of hydrogen-bond acceptors (Lipinski definition) is 2. The molecule has 0 spiro atoms. The standard InChI is InChI=1S/C12H15ClN2O/c13-10-7-4-8-11(14-10)15-12(16)9-5-2-1-3-6-9/h4,7-9H,1-3,5-6H2,(H,14,15,16). The van der Waals surface area contributed by atoms with E-state index < -0.39 is 0 Å². The SMILES string of the molecule is O=C(Nc1cccc(Cl)n1)C1CCCCC1. The molecule has 4 heteroatoms. The highest BCUT2D eigenvalue weighted by molar-refractivity contribution is 6.29. The molecule has 1 saturated carbocycles. The van der Waals surface area contributed by atoms with Gasteiger partial charge in [-0.05, 0) is 25.0 Å². The number of carbonyl (C=O) groups excluding carboxylic acids is 1. The summed E-state index contributed by atoms with van der Waals surface area (Å²) in [6.07, 6.45) is 5.54. The predicted molar refractivity (Wildman–Crippen MR) is 64.5 cm³/mol. The van der Waals surface area contributed by atoms with Gasteiger partial charge in [0.05, 0.1) is 0 Å². The molecular weight excluding hydrogens is 224 g/mol. The lowest BCUT2D eigenvalue weighted by atomic mass is 9.89. The summed E-state index contributed by atoms with van der Waals surface area (Å²) in [5.41, 5.74) is 0. The third-order valence-corrected chi connectivity index (χ3v) is 3.15. The maximum absolute atomic E-state index is 11.9. The first-order valence-electron chi connectivity index (χ1n) is 5.69. The molecule has 1 amide bonds. The summed E-state index contributed by atoms with van der Waals surface area (Å²) >= 11 is 5.75. The van der Waals surface area contributed by atoms with Gasteiger partial charge in [-0.15, -0.1) is 0 Å². The van der Waals surface area contributed by atoms with Crippen LogP contribution in [0.4, 0.5) is 5.82 Å². The van der Waals surface area contributed by atoms with Gasteiger partial charge >= 0.3 is 0 Å². The first-order valence-corrected chi connectivity index (χ1v) is 6.07. The minimum Gasteiger partial charge on any atom is -0.310 e. The maximum Gasteiger partial charge on any atom is 0.228 e. The first kappa shape index (κ1) is 11.4. The molecule has 3 nitrogen and oxygen atoms in total. The average molecular weight is 239 g/mol. The molecule has 16 heavy (non-hydrogen) atoms. The van der Waals surface area contributed by atoms with Crippen molar-refractivity contribution in [3.05, 3.63) is 23.4 Å². The van der Waals surface area contributed by atoms with Gasteiger partial charge in [-0.3, -0.25) is 4.79 Å². The van der Waals surface area contributed by atoms with E-state index in [1.54, 1.807) is 18.2 Å². The van der Waals surface area contributed by atoms with Crippen LogP contribution >= 0.6 is 11.6 Å². The second kappa shape index (κ2) is 5.30. The number of hydrogen-bond donors (Lipinski definition) is 1. The van der Waals surface area contributed by atoms with Gasteiger partial charge in [0.1, 0.15) is 11.0 Å². The van der Waals surface area contributed by atoms with Gasteiger partial charge in [0.2, 0.25) is 5.91 Å². The van der Waals surface area contributed by atoms with Crippen LogP contribution in [0.25, 0.3) is 0 Å². The number of pyridine rings is 1. The molecule has 1 fully saturated rings. The van der Waals surface area contributed by atoms with Gasteiger partial charge in [0.15, 0.2) is 0 Å². The predicted octanol–water partition coefficient (Wildman–Crippen LogP) is 3.25. The van der Waals surface area contributed by atoms with Crippen LogP contribution in [-0.2, 0) is 4.79 Å². The van der Waals surface area contributed by atoms with Crippen LogP contribution in [0.2, 0.25) is 5.15 Å². The third-order valence-electron chi connectivity index (χ3n) is 2.94. The van der Waals surface area contributed by atoms with Crippen molar-refractivity contribution in [2.75, 3.05) is 5.32 Å². The van der Waals surface area contributed by atoms with Crippen LogP contribution in [0.5, 0.6) is 0 Å². The van der Waals surface area contributed by atoms with E-state index in [9.17, 15) is 4.79 Å². The van der Waals surface area contributed by atoms with Crippen molar-refractivity contribution in [1.82, 2.24) is 4.98 Å². The topological polar surface area (TPSA) is 42.0 Å². The van der Waals surface area contributed by atoms with Gasteiger partial charge in [-0.25, -0.2) is 4.98 Å². The second-order valence-electron chi connectivity index (χ2n) is 4.17. The summed E-state index contributed by atoms with van der Waals surface area (Å²) < 4.78 is 0.